The Hall–Kier alpha value is -3.10. The quantitative estimate of drug-likeness (QED) is 0.558. The molecule has 0 bridgehead atoms. The third kappa shape index (κ3) is 5.53. The molecule has 1 aromatic heterocycles. The molecule has 2 N–H and O–H groups in total. The number of aryl methyl sites for hydroxylation is 1. The third-order valence-electron chi connectivity index (χ3n) is 4.90. The standard InChI is InChI=1S/C23H25N5O2S/c1-16-15-21(27-23(24-16)28-11-13-30-14-12-28)25-18-5-7-19(8-6-18)26-22(29)17-3-9-20(31-2)10-4-17/h3-10,15H,11-14H2,1-2H3,(H,26,29)(H,24,25,27). The Bertz CT molecular complexity index is 1030. The van der Waals surface area contributed by atoms with Gasteiger partial charge in [0.1, 0.15) is 5.82 Å². The van der Waals surface area contributed by atoms with Crippen LogP contribution in [0.15, 0.2) is 59.5 Å². The summed E-state index contributed by atoms with van der Waals surface area (Å²) in [6.45, 7) is 4.92. The number of benzene rings is 2. The second-order valence-electron chi connectivity index (χ2n) is 7.18. The van der Waals surface area contributed by atoms with Crippen LogP contribution in [0.1, 0.15) is 16.1 Å². The molecule has 1 saturated heterocycles. The summed E-state index contributed by atoms with van der Waals surface area (Å²) in [6.07, 6.45) is 2.01. The van der Waals surface area contributed by atoms with Gasteiger partial charge in [-0.05, 0) is 61.7 Å². The molecule has 8 heteroatoms. The van der Waals surface area contributed by atoms with Gasteiger partial charge in [-0.3, -0.25) is 4.79 Å². The largest absolute Gasteiger partial charge is 0.378 e. The molecule has 0 spiro atoms. The molecule has 31 heavy (non-hydrogen) atoms. The van der Waals surface area contributed by atoms with Crippen LogP contribution in [0.5, 0.6) is 0 Å². The Morgan fingerprint density at radius 3 is 2.35 bits per heavy atom. The minimum atomic E-state index is -0.130. The zero-order valence-corrected chi connectivity index (χ0v) is 18.4. The van der Waals surface area contributed by atoms with Crippen molar-refractivity contribution in [3.63, 3.8) is 0 Å². The van der Waals surface area contributed by atoms with E-state index in [2.05, 4.69) is 25.5 Å². The van der Waals surface area contributed by atoms with E-state index in [0.29, 0.717) is 24.7 Å². The van der Waals surface area contributed by atoms with Crippen molar-refractivity contribution in [1.82, 2.24) is 9.97 Å². The third-order valence-corrected chi connectivity index (χ3v) is 5.65. The fraction of sp³-hybridized carbons (Fsp3) is 0.261. The fourth-order valence-corrected chi connectivity index (χ4v) is 3.66. The highest BCUT2D eigenvalue weighted by Crippen LogP contribution is 2.21. The van der Waals surface area contributed by atoms with Crippen LogP contribution >= 0.6 is 11.8 Å². The predicted molar refractivity (Wildman–Crippen MR) is 126 cm³/mol. The summed E-state index contributed by atoms with van der Waals surface area (Å²) < 4.78 is 5.41. The first-order valence-corrected chi connectivity index (χ1v) is 11.3. The maximum Gasteiger partial charge on any atom is 0.255 e. The summed E-state index contributed by atoms with van der Waals surface area (Å²) in [6, 6.07) is 17.0. The lowest BCUT2D eigenvalue weighted by molar-refractivity contribution is 0.102. The minimum absolute atomic E-state index is 0.130. The zero-order chi connectivity index (χ0) is 21.6. The van der Waals surface area contributed by atoms with Gasteiger partial charge in [-0.2, -0.15) is 4.98 Å². The highest BCUT2D eigenvalue weighted by Gasteiger charge is 2.15. The fourth-order valence-electron chi connectivity index (χ4n) is 3.25. The molecule has 0 atom stereocenters. The average molecular weight is 436 g/mol. The molecule has 1 aliphatic rings. The van der Waals surface area contributed by atoms with E-state index >= 15 is 0 Å². The highest BCUT2D eigenvalue weighted by atomic mass is 32.2. The Morgan fingerprint density at radius 1 is 1.00 bits per heavy atom. The lowest BCUT2D eigenvalue weighted by Gasteiger charge is -2.27. The van der Waals surface area contributed by atoms with E-state index in [0.717, 1.165) is 40.9 Å². The average Bonchev–Trinajstić information content (AvgIpc) is 2.80. The predicted octanol–water partition coefficient (Wildman–Crippen LogP) is 4.34. The molecule has 0 radical (unpaired) electrons. The summed E-state index contributed by atoms with van der Waals surface area (Å²) in [5.41, 5.74) is 3.15. The monoisotopic (exact) mass is 435 g/mol. The summed E-state index contributed by atoms with van der Waals surface area (Å²) in [7, 11) is 0. The first kappa shape index (κ1) is 21.1. The minimum Gasteiger partial charge on any atom is -0.378 e. The number of carbonyl (C=O) groups is 1. The number of anilines is 4. The number of ether oxygens (including phenoxy) is 1. The summed E-state index contributed by atoms with van der Waals surface area (Å²) in [5.74, 6) is 1.32. The van der Waals surface area contributed by atoms with Crippen LogP contribution in [-0.4, -0.2) is 48.4 Å². The smallest absolute Gasteiger partial charge is 0.255 e. The lowest BCUT2D eigenvalue weighted by atomic mass is 10.2. The van der Waals surface area contributed by atoms with E-state index in [-0.39, 0.29) is 5.91 Å². The van der Waals surface area contributed by atoms with Crippen molar-refractivity contribution in [2.45, 2.75) is 11.8 Å². The summed E-state index contributed by atoms with van der Waals surface area (Å²) >= 11 is 1.65. The Morgan fingerprint density at radius 2 is 1.68 bits per heavy atom. The maximum absolute atomic E-state index is 12.5. The molecule has 3 aromatic rings. The molecule has 2 heterocycles. The number of nitrogens with zero attached hydrogens (tertiary/aromatic N) is 3. The van der Waals surface area contributed by atoms with E-state index in [4.69, 9.17) is 4.74 Å². The van der Waals surface area contributed by atoms with Gasteiger partial charge in [0.25, 0.3) is 5.91 Å². The number of morpholine rings is 1. The van der Waals surface area contributed by atoms with Crippen molar-refractivity contribution >= 4 is 40.8 Å². The number of thioether (sulfide) groups is 1. The van der Waals surface area contributed by atoms with Crippen LogP contribution in [0, 0.1) is 6.92 Å². The van der Waals surface area contributed by atoms with E-state index in [1.54, 1.807) is 11.8 Å². The Kier molecular flexibility index (Phi) is 6.69. The number of hydrogen-bond donors (Lipinski definition) is 2. The molecule has 7 nitrogen and oxygen atoms in total. The van der Waals surface area contributed by atoms with E-state index < -0.39 is 0 Å². The van der Waals surface area contributed by atoms with Crippen LogP contribution in [-0.2, 0) is 4.74 Å². The van der Waals surface area contributed by atoms with E-state index in [1.807, 2.05) is 67.8 Å². The molecular weight excluding hydrogens is 410 g/mol. The van der Waals surface area contributed by atoms with Crippen LogP contribution in [0.4, 0.5) is 23.1 Å². The van der Waals surface area contributed by atoms with E-state index in [1.165, 1.54) is 0 Å². The Balaban J connectivity index is 1.41. The highest BCUT2D eigenvalue weighted by molar-refractivity contribution is 7.98. The van der Waals surface area contributed by atoms with Gasteiger partial charge in [-0.1, -0.05) is 0 Å². The van der Waals surface area contributed by atoms with Gasteiger partial charge < -0.3 is 20.3 Å². The Labute approximate surface area is 186 Å². The molecule has 4 rings (SSSR count). The lowest BCUT2D eigenvalue weighted by Crippen LogP contribution is -2.37. The van der Waals surface area contributed by atoms with Crippen LogP contribution in [0.3, 0.4) is 0 Å². The van der Waals surface area contributed by atoms with Crippen LogP contribution in [0.2, 0.25) is 0 Å². The van der Waals surface area contributed by atoms with Gasteiger partial charge in [0.05, 0.1) is 13.2 Å². The molecule has 1 amide bonds. The van der Waals surface area contributed by atoms with Crippen molar-refractivity contribution in [2.24, 2.45) is 0 Å². The molecule has 1 fully saturated rings. The number of rotatable bonds is 6. The van der Waals surface area contributed by atoms with Crippen molar-refractivity contribution in [2.75, 3.05) is 48.1 Å². The topological polar surface area (TPSA) is 79.4 Å². The van der Waals surface area contributed by atoms with Crippen LogP contribution in [0.25, 0.3) is 0 Å². The normalized spacial score (nSPS) is 13.7. The summed E-state index contributed by atoms with van der Waals surface area (Å²) in [4.78, 5) is 24.9. The molecule has 160 valence electrons. The SMILES string of the molecule is CSc1ccc(C(=O)Nc2ccc(Nc3cc(C)nc(N4CCOCC4)n3)cc2)cc1. The molecule has 0 saturated carbocycles. The zero-order valence-electron chi connectivity index (χ0n) is 17.6. The second-order valence-corrected chi connectivity index (χ2v) is 8.06. The van der Waals surface area contributed by atoms with Gasteiger partial charge >= 0.3 is 0 Å². The molecule has 0 unspecified atom stereocenters. The van der Waals surface area contributed by atoms with Crippen LogP contribution < -0.4 is 15.5 Å². The van der Waals surface area contributed by atoms with E-state index in [9.17, 15) is 4.79 Å². The van der Waals surface area contributed by atoms with Gasteiger partial charge in [0.2, 0.25) is 5.95 Å². The number of carbonyl (C=O) groups excluding carboxylic acids is 1. The number of amides is 1. The van der Waals surface area contributed by atoms with Crippen molar-refractivity contribution in [3.8, 4) is 0 Å². The van der Waals surface area contributed by atoms with Gasteiger partial charge in [-0.25, -0.2) is 4.98 Å². The maximum atomic E-state index is 12.5. The molecular formula is C23H25N5O2S. The van der Waals surface area contributed by atoms with Gasteiger partial charge in [-0.15, -0.1) is 11.8 Å². The molecule has 2 aromatic carbocycles. The van der Waals surface area contributed by atoms with Crippen molar-refractivity contribution in [1.29, 1.82) is 0 Å². The number of nitrogens with one attached hydrogen (secondary N) is 2. The second kappa shape index (κ2) is 9.80. The number of aromatic nitrogens is 2. The van der Waals surface area contributed by atoms with Gasteiger partial charge in [0.15, 0.2) is 0 Å². The van der Waals surface area contributed by atoms with Crippen molar-refractivity contribution in [3.05, 3.63) is 65.9 Å². The number of hydrogen-bond acceptors (Lipinski definition) is 7. The van der Waals surface area contributed by atoms with Gasteiger partial charge in [0, 0.05) is 46.7 Å². The first-order chi connectivity index (χ1) is 15.1. The van der Waals surface area contributed by atoms with Crippen molar-refractivity contribution < 1.29 is 9.53 Å². The summed E-state index contributed by atoms with van der Waals surface area (Å²) in [5, 5.41) is 6.26. The molecule has 1 aliphatic heterocycles. The molecule has 0 aliphatic carbocycles. The first-order valence-electron chi connectivity index (χ1n) is 10.1.